The lowest BCUT2D eigenvalue weighted by atomic mass is 9.80. The van der Waals surface area contributed by atoms with Crippen LogP contribution in [0.5, 0.6) is 0 Å². The maximum absolute atomic E-state index is 9.26. The van der Waals surface area contributed by atoms with Crippen LogP contribution in [0.25, 0.3) is 0 Å². The predicted octanol–water partition coefficient (Wildman–Crippen LogP) is 2.75. The first-order chi connectivity index (χ1) is 7.32. The molecule has 1 unspecified atom stereocenters. The summed E-state index contributed by atoms with van der Waals surface area (Å²) in [6, 6.07) is 0. The fourth-order valence-electron chi connectivity index (χ4n) is 2.30. The van der Waals surface area contributed by atoms with E-state index < -0.39 is 0 Å². The first-order valence-electron chi connectivity index (χ1n) is 6.25. The fraction of sp³-hybridized carbons (Fsp3) is 1.00. The van der Waals surface area contributed by atoms with Crippen molar-refractivity contribution in [2.45, 2.75) is 39.7 Å². The summed E-state index contributed by atoms with van der Waals surface area (Å²) in [7, 11) is 2.20. The van der Waals surface area contributed by atoms with Crippen LogP contribution in [0.2, 0.25) is 0 Å². The van der Waals surface area contributed by atoms with Crippen molar-refractivity contribution in [3.05, 3.63) is 0 Å². The largest absolute Gasteiger partial charge is 0.393 e. The zero-order valence-corrected chi connectivity index (χ0v) is 12.6. The van der Waals surface area contributed by atoms with Crippen LogP contribution in [0, 0.1) is 17.3 Å². The van der Waals surface area contributed by atoms with Crippen LogP contribution in [0.3, 0.4) is 0 Å². The third kappa shape index (κ3) is 4.34. The average Bonchev–Trinajstić information content (AvgIpc) is 2.09. The molecule has 1 N–H and O–H groups in total. The van der Waals surface area contributed by atoms with Crippen LogP contribution < -0.4 is 0 Å². The summed E-state index contributed by atoms with van der Waals surface area (Å²) in [6.45, 7) is 9.19. The minimum absolute atomic E-state index is 0.0204. The maximum atomic E-state index is 9.26. The van der Waals surface area contributed by atoms with E-state index in [0.29, 0.717) is 11.3 Å². The van der Waals surface area contributed by atoms with Crippen molar-refractivity contribution < 1.29 is 5.11 Å². The van der Waals surface area contributed by atoms with Gasteiger partial charge in [-0.1, -0.05) is 36.7 Å². The molecule has 2 nitrogen and oxygen atoms in total. The normalized spacial score (nSPS) is 27.9. The van der Waals surface area contributed by atoms with Gasteiger partial charge in [0.25, 0.3) is 0 Å². The second-order valence-corrected chi connectivity index (χ2v) is 7.08. The van der Waals surface area contributed by atoms with Gasteiger partial charge in [-0.3, -0.25) is 0 Å². The predicted molar refractivity (Wildman–Crippen MR) is 73.0 cm³/mol. The molecular weight excluding hydrogens is 266 g/mol. The Kier molecular flexibility index (Phi) is 5.27. The SMILES string of the molecule is CN(CC1CC(O)C1)CC(CBr)C(C)(C)C. The summed E-state index contributed by atoms with van der Waals surface area (Å²) in [5.41, 5.74) is 0.358. The molecule has 0 aromatic rings. The van der Waals surface area contributed by atoms with Gasteiger partial charge in [0.15, 0.2) is 0 Å². The van der Waals surface area contributed by atoms with Crippen molar-refractivity contribution >= 4 is 15.9 Å². The molecule has 0 bridgehead atoms. The Labute approximate surface area is 109 Å². The van der Waals surface area contributed by atoms with E-state index in [1.165, 1.54) is 0 Å². The first-order valence-corrected chi connectivity index (χ1v) is 7.37. The molecule has 1 saturated carbocycles. The topological polar surface area (TPSA) is 23.5 Å². The molecular formula is C13H26BrNO. The third-order valence-electron chi connectivity index (χ3n) is 3.72. The van der Waals surface area contributed by atoms with Crippen molar-refractivity contribution in [3.63, 3.8) is 0 Å². The Morgan fingerprint density at radius 2 is 1.94 bits per heavy atom. The van der Waals surface area contributed by atoms with Crippen molar-refractivity contribution in [2.24, 2.45) is 17.3 Å². The number of hydrogen-bond acceptors (Lipinski definition) is 2. The molecule has 3 heteroatoms. The summed E-state index contributed by atoms with van der Waals surface area (Å²) in [4.78, 5) is 2.42. The number of halogens is 1. The highest BCUT2D eigenvalue weighted by atomic mass is 79.9. The molecule has 1 fully saturated rings. The molecule has 0 spiro atoms. The summed E-state index contributed by atoms with van der Waals surface area (Å²) in [6.07, 6.45) is 1.98. The number of aliphatic hydroxyl groups is 1. The van der Waals surface area contributed by atoms with Gasteiger partial charge in [-0.2, -0.15) is 0 Å². The molecule has 0 amide bonds. The number of nitrogens with zero attached hydrogens (tertiary/aromatic N) is 1. The van der Waals surface area contributed by atoms with E-state index in [2.05, 4.69) is 48.6 Å². The zero-order chi connectivity index (χ0) is 12.3. The quantitative estimate of drug-likeness (QED) is 0.788. The van der Waals surface area contributed by atoms with Gasteiger partial charge in [-0.25, -0.2) is 0 Å². The van der Waals surface area contributed by atoms with Gasteiger partial charge >= 0.3 is 0 Å². The highest BCUT2D eigenvalue weighted by molar-refractivity contribution is 9.09. The Morgan fingerprint density at radius 3 is 2.31 bits per heavy atom. The molecule has 96 valence electrons. The highest BCUT2D eigenvalue weighted by Crippen LogP contribution is 2.30. The van der Waals surface area contributed by atoms with Gasteiger partial charge in [-0.05, 0) is 37.1 Å². The molecule has 0 aliphatic heterocycles. The van der Waals surface area contributed by atoms with Gasteiger partial charge < -0.3 is 10.0 Å². The molecule has 1 aliphatic rings. The molecule has 1 rings (SSSR count). The highest BCUT2D eigenvalue weighted by Gasteiger charge is 2.30. The van der Waals surface area contributed by atoms with Gasteiger partial charge in [0.2, 0.25) is 0 Å². The molecule has 0 heterocycles. The summed E-state index contributed by atoms with van der Waals surface area (Å²) in [5.74, 6) is 1.40. The number of alkyl halides is 1. The minimum atomic E-state index is -0.0204. The van der Waals surface area contributed by atoms with Crippen molar-refractivity contribution in [3.8, 4) is 0 Å². The van der Waals surface area contributed by atoms with Crippen molar-refractivity contribution in [1.82, 2.24) is 4.90 Å². The molecule has 0 aromatic carbocycles. The molecule has 1 atom stereocenters. The smallest absolute Gasteiger partial charge is 0.0546 e. The third-order valence-corrected chi connectivity index (χ3v) is 4.51. The molecule has 0 saturated heterocycles. The van der Waals surface area contributed by atoms with E-state index >= 15 is 0 Å². The Morgan fingerprint density at radius 1 is 1.38 bits per heavy atom. The second-order valence-electron chi connectivity index (χ2n) is 6.43. The Bertz CT molecular complexity index is 208. The minimum Gasteiger partial charge on any atom is -0.393 e. The summed E-state index contributed by atoms with van der Waals surface area (Å²) < 4.78 is 0. The molecule has 1 aliphatic carbocycles. The van der Waals surface area contributed by atoms with E-state index in [4.69, 9.17) is 0 Å². The van der Waals surface area contributed by atoms with E-state index in [1.807, 2.05) is 0 Å². The lowest BCUT2D eigenvalue weighted by Crippen LogP contribution is -2.41. The lowest BCUT2D eigenvalue weighted by molar-refractivity contribution is 0.0241. The van der Waals surface area contributed by atoms with Crippen LogP contribution in [-0.2, 0) is 0 Å². The van der Waals surface area contributed by atoms with Gasteiger partial charge in [0.05, 0.1) is 6.10 Å². The van der Waals surface area contributed by atoms with Crippen LogP contribution in [0.1, 0.15) is 33.6 Å². The number of aliphatic hydroxyl groups excluding tert-OH is 1. The Hall–Kier alpha value is 0.400. The van der Waals surface area contributed by atoms with E-state index in [-0.39, 0.29) is 6.10 Å². The lowest BCUT2D eigenvalue weighted by Gasteiger charge is -2.37. The number of hydrogen-bond donors (Lipinski definition) is 1. The molecule has 0 aromatic heterocycles. The van der Waals surface area contributed by atoms with Crippen LogP contribution in [0.4, 0.5) is 0 Å². The van der Waals surface area contributed by atoms with Gasteiger partial charge in [-0.15, -0.1) is 0 Å². The van der Waals surface area contributed by atoms with E-state index in [9.17, 15) is 5.11 Å². The monoisotopic (exact) mass is 291 g/mol. The van der Waals surface area contributed by atoms with Crippen LogP contribution >= 0.6 is 15.9 Å². The molecule has 16 heavy (non-hydrogen) atoms. The van der Waals surface area contributed by atoms with E-state index in [1.54, 1.807) is 0 Å². The summed E-state index contributed by atoms with van der Waals surface area (Å²) >= 11 is 3.62. The molecule has 0 radical (unpaired) electrons. The van der Waals surface area contributed by atoms with Crippen LogP contribution in [-0.4, -0.2) is 41.6 Å². The fourth-order valence-corrected chi connectivity index (χ4v) is 3.47. The average molecular weight is 292 g/mol. The van der Waals surface area contributed by atoms with Crippen molar-refractivity contribution in [2.75, 3.05) is 25.5 Å². The van der Waals surface area contributed by atoms with Crippen molar-refractivity contribution in [1.29, 1.82) is 0 Å². The van der Waals surface area contributed by atoms with Gasteiger partial charge in [0.1, 0.15) is 0 Å². The van der Waals surface area contributed by atoms with Crippen LogP contribution in [0.15, 0.2) is 0 Å². The standard InChI is InChI=1S/C13H26BrNO/c1-13(2,3)11(7-14)9-15(4)8-10-5-12(16)6-10/h10-12,16H,5-9H2,1-4H3. The summed E-state index contributed by atoms with van der Waals surface area (Å²) in [5, 5.41) is 10.3. The zero-order valence-electron chi connectivity index (χ0n) is 11.0. The maximum Gasteiger partial charge on any atom is 0.0546 e. The van der Waals surface area contributed by atoms with Gasteiger partial charge in [0, 0.05) is 18.4 Å². The first kappa shape index (κ1) is 14.5. The Balaban J connectivity index is 2.29. The second kappa shape index (κ2) is 5.83. The van der Waals surface area contributed by atoms with E-state index in [0.717, 1.165) is 37.2 Å². The number of rotatable bonds is 5.